The molecule has 3 amide bonds. The zero-order valence-electron chi connectivity index (χ0n) is 21.8. The van der Waals surface area contributed by atoms with Gasteiger partial charge in [0.05, 0.1) is 13.2 Å². The molecule has 38 heavy (non-hydrogen) atoms. The van der Waals surface area contributed by atoms with Crippen LogP contribution in [-0.2, 0) is 24.4 Å². The molecule has 0 bridgehead atoms. The van der Waals surface area contributed by atoms with Crippen molar-refractivity contribution in [1.29, 1.82) is 0 Å². The first-order chi connectivity index (χ1) is 18.2. The van der Waals surface area contributed by atoms with Crippen LogP contribution in [0.15, 0.2) is 54.6 Å². The van der Waals surface area contributed by atoms with E-state index in [4.69, 9.17) is 4.74 Å². The van der Waals surface area contributed by atoms with Crippen molar-refractivity contribution in [3.05, 3.63) is 82.9 Å². The highest BCUT2D eigenvalue weighted by Gasteiger charge is 2.46. The third-order valence-corrected chi connectivity index (χ3v) is 6.73. The average molecular weight is 522 g/mol. The van der Waals surface area contributed by atoms with Crippen LogP contribution in [0.3, 0.4) is 0 Å². The molecule has 0 fully saturated rings. The highest BCUT2D eigenvalue weighted by atomic mass is 19.1. The van der Waals surface area contributed by atoms with E-state index in [0.29, 0.717) is 6.61 Å². The maximum Gasteiger partial charge on any atom is 0.272 e. The van der Waals surface area contributed by atoms with Crippen molar-refractivity contribution in [1.82, 2.24) is 25.3 Å². The number of amides is 3. The van der Waals surface area contributed by atoms with E-state index in [9.17, 15) is 18.8 Å². The molecule has 1 aromatic heterocycles. The number of halogens is 1. The predicted octanol–water partition coefficient (Wildman–Crippen LogP) is 3.29. The third-order valence-electron chi connectivity index (χ3n) is 6.73. The molecule has 0 radical (unpaired) electrons. The molecule has 1 aliphatic heterocycles. The summed E-state index contributed by atoms with van der Waals surface area (Å²) in [4.78, 5) is 40.4. The van der Waals surface area contributed by atoms with Gasteiger partial charge in [-0.3, -0.25) is 19.1 Å². The Morgan fingerprint density at radius 2 is 1.68 bits per heavy atom. The van der Waals surface area contributed by atoms with Crippen LogP contribution in [0.2, 0.25) is 0 Å². The molecule has 0 aliphatic carbocycles. The van der Waals surface area contributed by atoms with E-state index in [-0.39, 0.29) is 42.7 Å². The van der Waals surface area contributed by atoms with E-state index in [1.807, 2.05) is 24.3 Å². The van der Waals surface area contributed by atoms with Crippen LogP contribution >= 0.6 is 0 Å². The quantitative estimate of drug-likeness (QED) is 0.399. The summed E-state index contributed by atoms with van der Waals surface area (Å²) in [5.74, 6) is -0.801. The Morgan fingerprint density at radius 1 is 1.05 bits per heavy atom. The van der Waals surface area contributed by atoms with Crippen LogP contribution < -0.4 is 15.4 Å². The number of rotatable bonds is 10. The highest BCUT2D eigenvalue weighted by Crippen LogP contribution is 2.26. The summed E-state index contributed by atoms with van der Waals surface area (Å²) in [5.41, 5.74) is 0.717. The third kappa shape index (κ3) is 5.85. The first-order valence-corrected chi connectivity index (χ1v) is 12.6. The molecule has 0 saturated carbocycles. The van der Waals surface area contributed by atoms with Gasteiger partial charge in [-0.05, 0) is 48.7 Å². The summed E-state index contributed by atoms with van der Waals surface area (Å²) < 4.78 is 20.2. The van der Waals surface area contributed by atoms with Crippen LogP contribution in [0, 0.1) is 5.82 Å². The number of likely N-dealkylation sites (N-methyl/N-ethyl adjacent to an activating group) is 1. The summed E-state index contributed by atoms with van der Waals surface area (Å²) in [6, 6.07) is 14.7. The van der Waals surface area contributed by atoms with E-state index in [2.05, 4.69) is 22.7 Å². The molecule has 2 N–H and O–H groups in total. The van der Waals surface area contributed by atoms with Crippen molar-refractivity contribution in [2.24, 2.45) is 0 Å². The molecule has 2 heterocycles. The van der Waals surface area contributed by atoms with Gasteiger partial charge in [0.15, 0.2) is 5.69 Å². The van der Waals surface area contributed by atoms with Crippen molar-refractivity contribution in [2.75, 3.05) is 13.7 Å². The minimum Gasteiger partial charge on any atom is -0.494 e. The first kappa shape index (κ1) is 26.8. The normalized spacial score (nSPS) is 16.6. The molecular formula is C28H32FN5O4. The molecule has 3 aromatic rings. The number of carbonyl (C=O) groups is 3. The minimum absolute atomic E-state index is 0.0760. The number of nitrogens with one attached hydrogen (secondary N) is 2. The van der Waals surface area contributed by atoms with E-state index in [0.717, 1.165) is 29.7 Å². The van der Waals surface area contributed by atoms with Gasteiger partial charge in [-0.25, -0.2) is 4.39 Å². The van der Waals surface area contributed by atoms with E-state index in [1.54, 1.807) is 26.1 Å². The van der Waals surface area contributed by atoms with E-state index >= 15 is 0 Å². The highest BCUT2D eigenvalue weighted by molar-refractivity contribution is 6.01. The number of nitrogens with zero attached hydrogens (tertiary/aromatic N) is 3. The molecule has 1 atom stereocenters. The second kappa shape index (κ2) is 11.5. The van der Waals surface area contributed by atoms with Gasteiger partial charge in [0.25, 0.3) is 11.8 Å². The van der Waals surface area contributed by atoms with Crippen LogP contribution in [-0.4, -0.2) is 51.6 Å². The summed E-state index contributed by atoms with van der Waals surface area (Å²) >= 11 is 0. The summed E-state index contributed by atoms with van der Waals surface area (Å²) in [6.07, 6.45) is 2.05. The van der Waals surface area contributed by atoms with E-state index < -0.39 is 17.4 Å². The van der Waals surface area contributed by atoms with Crippen molar-refractivity contribution >= 4 is 17.7 Å². The van der Waals surface area contributed by atoms with Crippen LogP contribution in [0.4, 0.5) is 4.39 Å². The Morgan fingerprint density at radius 3 is 2.34 bits per heavy atom. The molecule has 0 saturated heterocycles. The Kier molecular flexibility index (Phi) is 8.09. The molecule has 10 heteroatoms. The van der Waals surface area contributed by atoms with Gasteiger partial charge >= 0.3 is 0 Å². The van der Waals surface area contributed by atoms with Crippen molar-refractivity contribution < 1.29 is 23.5 Å². The number of fused-ring (bicyclic) bond motifs is 1. The number of carbonyl (C=O) groups excluding carboxylic acids is 3. The van der Waals surface area contributed by atoms with Gasteiger partial charge in [0, 0.05) is 26.2 Å². The summed E-state index contributed by atoms with van der Waals surface area (Å²) in [7, 11) is 1.55. The smallest absolute Gasteiger partial charge is 0.272 e. The molecule has 9 nitrogen and oxygen atoms in total. The fourth-order valence-electron chi connectivity index (χ4n) is 4.12. The summed E-state index contributed by atoms with van der Waals surface area (Å²) in [6.45, 7) is 4.96. The first-order valence-electron chi connectivity index (χ1n) is 12.6. The zero-order valence-corrected chi connectivity index (χ0v) is 21.8. The molecule has 2 aromatic carbocycles. The standard InChI is InChI=1S/C28H32FN5O4/c1-4-5-14-38-22-12-8-20(9-13-22)16-30-25(35)23-15-24-26(36)33(3)28(2,18-34(24)32-23)27(37)31-17-19-6-10-21(29)11-7-19/h6-13,15H,4-5,14,16-18H2,1-3H3,(H,30,35)(H,31,37)/t28-/m1/s1. The Hall–Kier alpha value is -4.21. The number of ether oxygens (including phenoxy) is 1. The van der Waals surface area contributed by atoms with E-state index in [1.165, 1.54) is 27.8 Å². The Labute approximate surface area is 221 Å². The van der Waals surface area contributed by atoms with Crippen molar-refractivity contribution in [3.63, 3.8) is 0 Å². The average Bonchev–Trinajstić information content (AvgIpc) is 3.34. The van der Waals surface area contributed by atoms with Crippen molar-refractivity contribution in [3.8, 4) is 5.75 Å². The monoisotopic (exact) mass is 521 g/mol. The SMILES string of the molecule is CCCCOc1ccc(CNC(=O)c2cc3n(n2)C[C@](C)(C(=O)NCc2ccc(F)cc2)N(C)C3=O)cc1. The van der Waals surface area contributed by atoms with Crippen LogP contribution in [0.25, 0.3) is 0 Å². The lowest BCUT2D eigenvalue weighted by molar-refractivity contribution is -0.132. The molecular weight excluding hydrogens is 489 g/mol. The maximum atomic E-state index is 13.2. The number of hydrogen-bond acceptors (Lipinski definition) is 5. The fraction of sp³-hybridized carbons (Fsp3) is 0.357. The lowest BCUT2D eigenvalue weighted by atomic mass is 9.96. The molecule has 200 valence electrons. The second-order valence-electron chi connectivity index (χ2n) is 9.55. The number of hydrogen-bond donors (Lipinski definition) is 2. The number of unbranched alkanes of at least 4 members (excludes halogenated alkanes) is 1. The topological polar surface area (TPSA) is 106 Å². The van der Waals surface area contributed by atoms with Gasteiger partial charge in [-0.2, -0.15) is 5.10 Å². The number of aromatic nitrogens is 2. The minimum atomic E-state index is -1.23. The number of benzene rings is 2. The van der Waals surface area contributed by atoms with Crippen LogP contribution in [0.1, 0.15) is 58.8 Å². The van der Waals surface area contributed by atoms with Crippen LogP contribution in [0.5, 0.6) is 5.75 Å². The van der Waals surface area contributed by atoms with Gasteiger partial charge in [-0.15, -0.1) is 0 Å². The Balaban J connectivity index is 1.38. The predicted molar refractivity (Wildman–Crippen MR) is 139 cm³/mol. The Bertz CT molecular complexity index is 1310. The lowest BCUT2D eigenvalue weighted by Crippen LogP contribution is -2.62. The van der Waals surface area contributed by atoms with Gasteiger partial charge in [0.2, 0.25) is 5.91 Å². The van der Waals surface area contributed by atoms with Gasteiger partial charge < -0.3 is 20.3 Å². The zero-order chi connectivity index (χ0) is 27.3. The molecule has 4 rings (SSSR count). The lowest BCUT2D eigenvalue weighted by Gasteiger charge is -2.40. The second-order valence-corrected chi connectivity index (χ2v) is 9.55. The van der Waals surface area contributed by atoms with Crippen molar-refractivity contribution in [2.45, 2.75) is 51.9 Å². The molecule has 0 spiro atoms. The van der Waals surface area contributed by atoms with Gasteiger partial charge in [-0.1, -0.05) is 37.6 Å². The van der Waals surface area contributed by atoms with Gasteiger partial charge in [0.1, 0.15) is 22.8 Å². The largest absolute Gasteiger partial charge is 0.494 e. The molecule has 0 unspecified atom stereocenters. The fourth-order valence-corrected chi connectivity index (χ4v) is 4.12. The molecule has 1 aliphatic rings. The summed E-state index contributed by atoms with van der Waals surface area (Å²) in [5, 5.41) is 9.96. The maximum absolute atomic E-state index is 13.2.